The van der Waals surface area contributed by atoms with Crippen molar-refractivity contribution in [2.24, 2.45) is 7.05 Å². The van der Waals surface area contributed by atoms with E-state index in [9.17, 15) is 31.1 Å². The minimum Gasteiger partial charge on any atom is -0.353 e. The van der Waals surface area contributed by atoms with Crippen LogP contribution in [-0.2, 0) is 25.2 Å². The molecule has 13 heteroatoms. The zero-order valence-corrected chi connectivity index (χ0v) is 21.0. The van der Waals surface area contributed by atoms with Crippen molar-refractivity contribution in [3.8, 4) is 5.69 Å². The van der Waals surface area contributed by atoms with Crippen LogP contribution in [0.4, 0.5) is 26.3 Å². The van der Waals surface area contributed by atoms with Crippen molar-refractivity contribution in [1.82, 2.24) is 29.6 Å². The van der Waals surface area contributed by atoms with Crippen LogP contribution in [0.15, 0.2) is 47.7 Å². The first kappa shape index (κ1) is 27.0. The molecule has 2 N–H and O–H groups in total. The lowest BCUT2D eigenvalue weighted by molar-refractivity contribution is -0.137. The van der Waals surface area contributed by atoms with E-state index < -0.39 is 35.3 Å². The molecule has 0 aliphatic heterocycles. The topological polar surface area (TPSA) is 80.5 Å². The zero-order chi connectivity index (χ0) is 28.0. The van der Waals surface area contributed by atoms with Crippen LogP contribution < -0.4 is 10.9 Å². The maximum absolute atomic E-state index is 14.1. The molecular weight excluding hydrogens is 526 g/mol. The molecule has 3 heterocycles. The predicted molar refractivity (Wildman–Crippen MR) is 132 cm³/mol. The Labute approximate surface area is 218 Å². The molecule has 0 unspecified atom stereocenters. The SMILES string of the molecule is Cn1cnnc1C1(c2cccc(-n3cc(C(F)(F)F)c4cc(CNCCCC(F)(F)F)[nH]c4c3=O)c2)CCC1. The van der Waals surface area contributed by atoms with E-state index in [-0.39, 0.29) is 41.8 Å². The fourth-order valence-corrected chi connectivity index (χ4v) is 5.26. The Bertz CT molecular complexity index is 1540. The van der Waals surface area contributed by atoms with Gasteiger partial charge in [0.25, 0.3) is 5.56 Å². The van der Waals surface area contributed by atoms with Crippen LogP contribution in [0.25, 0.3) is 16.6 Å². The quantitative estimate of drug-likeness (QED) is 0.228. The second-order valence-corrected chi connectivity index (χ2v) is 9.95. The summed E-state index contributed by atoms with van der Waals surface area (Å²) >= 11 is 0. The fraction of sp³-hybridized carbons (Fsp3) is 0.423. The summed E-state index contributed by atoms with van der Waals surface area (Å²) in [6.07, 6.45) is -5.23. The van der Waals surface area contributed by atoms with Crippen molar-refractivity contribution in [2.45, 2.75) is 56.4 Å². The number of rotatable bonds is 8. The molecule has 0 bridgehead atoms. The second kappa shape index (κ2) is 9.85. The summed E-state index contributed by atoms with van der Waals surface area (Å²) in [5.41, 5.74) is -0.957. The molecule has 4 aromatic rings. The van der Waals surface area contributed by atoms with Crippen LogP contribution in [0.5, 0.6) is 0 Å². The number of pyridine rings is 1. The van der Waals surface area contributed by atoms with Gasteiger partial charge in [0.05, 0.1) is 11.0 Å². The van der Waals surface area contributed by atoms with Crippen LogP contribution in [0.1, 0.15) is 54.7 Å². The lowest BCUT2D eigenvalue weighted by Gasteiger charge is -2.41. The van der Waals surface area contributed by atoms with Gasteiger partial charge in [-0.05, 0) is 49.6 Å². The Morgan fingerprint density at radius 2 is 1.90 bits per heavy atom. The Morgan fingerprint density at radius 1 is 1.13 bits per heavy atom. The van der Waals surface area contributed by atoms with Gasteiger partial charge in [-0.2, -0.15) is 26.3 Å². The van der Waals surface area contributed by atoms with E-state index in [0.29, 0.717) is 0 Å². The molecule has 0 saturated heterocycles. The van der Waals surface area contributed by atoms with Crippen LogP contribution >= 0.6 is 0 Å². The number of benzene rings is 1. The first-order valence-corrected chi connectivity index (χ1v) is 12.5. The number of fused-ring (bicyclic) bond motifs is 1. The minimum absolute atomic E-state index is 0.0149. The van der Waals surface area contributed by atoms with Gasteiger partial charge in [0.1, 0.15) is 17.7 Å². The summed E-state index contributed by atoms with van der Waals surface area (Å²) in [7, 11) is 1.83. The van der Waals surface area contributed by atoms with Gasteiger partial charge in [-0.15, -0.1) is 10.2 Å². The number of H-pyrrole nitrogens is 1. The smallest absolute Gasteiger partial charge is 0.353 e. The van der Waals surface area contributed by atoms with Crippen LogP contribution in [0.2, 0.25) is 0 Å². The average molecular weight is 553 g/mol. The van der Waals surface area contributed by atoms with Gasteiger partial charge in [-0.1, -0.05) is 18.6 Å². The summed E-state index contributed by atoms with van der Waals surface area (Å²) < 4.78 is 82.2. The molecule has 1 aliphatic rings. The molecule has 1 saturated carbocycles. The largest absolute Gasteiger partial charge is 0.418 e. The third-order valence-corrected chi connectivity index (χ3v) is 7.31. The van der Waals surface area contributed by atoms with E-state index in [0.717, 1.165) is 41.4 Å². The molecule has 3 aromatic heterocycles. The zero-order valence-electron chi connectivity index (χ0n) is 21.0. The number of aryl methyl sites for hydroxylation is 1. The lowest BCUT2D eigenvalue weighted by Crippen LogP contribution is -2.38. The van der Waals surface area contributed by atoms with Gasteiger partial charge in [0.2, 0.25) is 0 Å². The Balaban J connectivity index is 1.51. The summed E-state index contributed by atoms with van der Waals surface area (Å²) in [6.45, 7) is 0.00424. The van der Waals surface area contributed by atoms with Crippen molar-refractivity contribution in [1.29, 1.82) is 0 Å². The van der Waals surface area contributed by atoms with Crippen molar-refractivity contribution in [2.75, 3.05) is 6.54 Å². The van der Waals surface area contributed by atoms with E-state index in [1.165, 1.54) is 6.07 Å². The van der Waals surface area contributed by atoms with Gasteiger partial charge >= 0.3 is 12.4 Å². The standard InChI is InChI=1S/C26H26F6N6O/c1-37-15-34-36-23(37)24(7-3-8-24)16-5-2-6-18(11-16)38-14-20(26(30,31)32)19-12-17(35-21(19)22(38)39)13-33-10-4-9-25(27,28)29/h2,5-6,11-12,14-15,33,35H,3-4,7-10,13H2,1H3. The van der Waals surface area contributed by atoms with Gasteiger partial charge in [0, 0.05) is 43.0 Å². The highest BCUT2D eigenvalue weighted by Crippen LogP contribution is 2.48. The van der Waals surface area contributed by atoms with Crippen molar-refractivity contribution in [3.63, 3.8) is 0 Å². The number of hydrogen-bond acceptors (Lipinski definition) is 4. The third-order valence-electron chi connectivity index (χ3n) is 7.31. The maximum Gasteiger partial charge on any atom is 0.418 e. The van der Waals surface area contributed by atoms with Crippen molar-refractivity contribution >= 4 is 10.9 Å². The summed E-state index contributed by atoms with van der Waals surface area (Å²) in [5.74, 6) is 0.751. The molecule has 5 rings (SSSR count). The van der Waals surface area contributed by atoms with E-state index in [1.54, 1.807) is 24.5 Å². The van der Waals surface area contributed by atoms with E-state index in [1.807, 2.05) is 17.7 Å². The second-order valence-electron chi connectivity index (χ2n) is 9.95. The monoisotopic (exact) mass is 552 g/mol. The van der Waals surface area contributed by atoms with Gasteiger partial charge in [-0.3, -0.25) is 9.36 Å². The number of nitrogens with one attached hydrogen (secondary N) is 2. The van der Waals surface area contributed by atoms with Crippen LogP contribution in [0, 0.1) is 0 Å². The van der Waals surface area contributed by atoms with E-state index in [4.69, 9.17) is 0 Å². The highest BCUT2D eigenvalue weighted by molar-refractivity contribution is 5.84. The number of nitrogens with zero attached hydrogens (tertiary/aromatic N) is 4. The molecule has 1 aromatic carbocycles. The lowest BCUT2D eigenvalue weighted by atomic mass is 9.63. The van der Waals surface area contributed by atoms with Crippen LogP contribution in [-0.4, -0.2) is 37.0 Å². The molecule has 7 nitrogen and oxygen atoms in total. The normalized spacial score (nSPS) is 15.6. The fourth-order valence-electron chi connectivity index (χ4n) is 5.26. The van der Waals surface area contributed by atoms with Gasteiger partial charge in [0.15, 0.2) is 0 Å². The number of aromatic amines is 1. The number of hydrogen-bond donors (Lipinski definition) is 2. The average Bonchev–Trinajstić information content (AvgIpc) is 3.44. The summed E-state index contributed by atoms with van der Waals surface area (Å²) in [5, 5.41) is 10.7. The summed E-state index contributed by atoms with van der Waals surface area (Å²) in [4.78, 5) is 16.2. The number of aromatic nitrogens is 5. The molecule has 0 atom stereocenters. The van der Waals surface area contributed by atoms with Crippen molar-refractivity contribution in [3.05, 3.63) is 75.9 Å². The Hall–Kier alpha value is -3.61. The molecule has 1 aliphatic carbocycles. The highest BCUT2D eigenvalue weighted by Gasteiger charge is 2.44. The molecule has 0 spiro atoms. The minimum atomic E-state index is -4.75. The van der Waals surface area contributed by atoms with Crippen LogP contribution in [0.3, 0.4) is 0 Å². The number of halogens is 6. The molecule has 0 amide bonds. The van der Waals surface area contributed by atoms with E-state index in [2.05, 4.69) is 20.5 Å². The molecule has 39 heavy (non-hydrogen) atoms. The highest BCUT2D eigenvalue weighted by atomic mass is 19.4. The maximum atomic E-state index is 14.1. The number of alkyl halides is 6. The molecule has 0 radical (unpaired) electrons. The predicted octanol–water partition coefficient (Wildman–Crippen LogP) is 5.37. The van der Waals surface area contributed by atoms with E-state index >= 15 is 0 Å². The summed E-state index contributed by atoms with van der Waals surface area (Å²) in [6, 6.07) is 8.09. The molecule has 208 valence electrons. The van der Waals surface area contributed by atoms with Gasteiger partial charge in [-0.25, -0.2) is 0 Å². The first-order valence-electron chi connectivity index (χ1n) is 12.5. The molecule has 1 fully saturated rings. The Morgan fingerprint density at radius 3 is 2.51 bits per heavy atom. The molecular formula is C26H26F6N6O. The van der Waals surface area contributed by atoms with Crippen molar-refractivity contribution < 1.29 is 26.3 Å². The first-order chi connectivity index (χ1) is 18.4. The van der Waals surface area contributed by atoms with Gasteiger partial charge < -0.3 is 14.9 Å². The third kappa shape index (κ3) is 5.19. The Kier molecular flexibility index (Phi) is 6.81.